The maximum Gasteiger partial charge on any atom is 0.338 e. The number of halogens is 2. The summed E-state index contributed by atoms with van der Waals surface area (Å²) in [5.74, 6) is 2.81. The Morgan fingerprint density at radius 3 is 1.70 bits per heavy atom. The van der Waals surface area contributed by atoms with Crippen LogP contribution in [0.4, 0.5) is 11.4 Å². The van der Waals surface area contributed by atoms with Gasteiger partial charge in [-0.15, -0.1) is 0 Å². The number of anilines is 2. The van der Waals surface area contributed by atoms with Gasteiger partial charge < -0.3 is 34.1 Å². The normalized spacial score (nSPS) is 14.0. The Bertz CT molecular complexity index is 2870. The molecule has 0 atom stereocenters. The fourth-order valence-corrected chi connectivity index (χ4v) is 9.56. The van der Waals surface area contributed by atoms with Gasteiger partial charge in [0.2, 0.25) is 0 Å². The molecule has 2 aliphatic carbocycles. The molecule has 0 aliphatic heterocycles. The van der Waals surface area contributed by atoms with Crippen LogP contribution in [-0.4, -0.2) is 46.7 Å². The van der Waals surface area contributed by atoms with Crippen LogP contribution in [-0.2, 0) is 9.47 Å². The molecule has 1 aromatic heterocycles. The molecule has 1 amide bonds. The van der Waals surface area contributed by atoms with Gasteiger partial charge in [-0.3, -0.25) is 4.79 Å². The van der Waals surface area contributed by atoms with Crippen LogP contribution in [0.25, 0.3) is 22.4 Å². The second kappa shape index (κ2) is 23.7. The minimum atomic E-state index is -0.415. The average Bonchev–Trinajstić information content (AvgIpc) is 3.75. The highest BCUT2D eigenvalue weighted by Crippen LogP contribution is 2.37. The van der Waals surface area contributed by atoms with Gasteiger partial charge in [0.15, 0.2) is 0 Å². The third-order valence-corrected chi connectivity index (χ3v) is 13.2. The van der Waals surface area contributed by atoms with Crippen molar-refractivity contribution in [2.24, 2.45) is 0 Å². The van der Waals surface area contributed by atoms with Crippen molar-refractivity contribution in [1.29, 1.82) is 0 Å². The summed E-state index contributed by atoms with van der Waals surface area (Å²) in [7, 11) is 0. The summed E-state index contributed by atoms with van der Waals surface area (Å²) in [5, 5.41) is 6.53. The van der Waals surface area contributed by atoms with Gasteiger partial charge in [-0.05, 0) is 161 Å². The van der Waals surface area contributed by atoms with E-state index < -0.39 is 5.97 Å². The Labute approximate surface area is 420 Å². The zero-order valence-corrected chi connectivity index (χ0v) is 42.0. The van der Waals surface area contributed by atoms with Gasteiger partial charge in [0.1, 0.15) is 28.8 Å². The number of hydrogen-bond donors (Lipinski definition) is 2. The second-order valence-corrected chi connectivity index (χ2v) is 18.9. The lowest BCUT2D eigenvalue weighted by Crippen LogP contribution is -2.23. The highest BCUT2D eigenvalue weighted by molar-refractivity contribution is 9.10. The Hall–Kier alpha value is -6.44. The fraction of sp³-hybridized carbons (Fsp3) is 0.286. The number of benzene rings is 6. The van der Waals surface area contributed by atoms with Gasteiger partial charge in [-0.1, -0.05) is 82.5 Å². The van der Waals surface area contributed by atoms with Crippen LogP contribution in [0.5, 0.6) is 23.0 Å². The number of amides is 1. The number of fused-ring (bicyclic) bond motifs is 1. The summed E-state index contributed by atoms with van der Waals surface area (Å²) in [6.45, 7) is 4.23. The molecule has 13 heteroatoms. The SMILES string of the molecule is CCOC(=O)c1ccc(NC2CCCCC2)c(NC(=O)c2ccc(Oc3cccc(Br)c3)cc2)c1.CCOC(=O)c1ccc2c(c1)nc(-c1ccc(Oc3cccc(Br)c3)cc1)n2C1CCCCC1. The van der Waals surface area contributed by atoms with Gasteiger partial charge in [0.05, 0.1) is 46.7 Å². The van der Waals surface area contributed by atoms with Crippen LogP contribution in [0.3, 0.4) is 0 Å². The van der Waals surface area contributed by atoms with Crippen molar-refractivity contribution in [1.82, 2.24) is 9.55 Å². The van der Waals surface area contributed by atoms with E-state index in [1.54, 1.807) is 43.3 Å². The highest BCUT2D eigenvalue weighted by Gasteiger charge is 2.24. The third kappa shape index (κ3) is 13.0. The van der Waals surface area contributed by atoms with Crippen molar-refractivity contribution in [3.63, 3.8) is 0 Å². The van der Waals surface area contributed by atoms with E-state index in [4.69, 9.17) is 23.9 Å². The first kappa shape index (κ1) is 49.0. The topological polar surface area (TPSA) is 130 Å². The molecule has 0 unspecified atom stereocenters. The second-order valence-electron chi connectivity index (χ2n) is 17.1. The molecule has 2 saturated carbocycles. The largest absolute Gasteiger partial charge is 0.462 e. The molecule has 2 aliphatic rings. The maximum absolute atomic E-state index is 13.1. The number of carbonyl (C=O) groups excluding carboxylic acids is 3. The van der Waals surface area contributed by atoms with Crippen LogP contribution < -0.4 is 20.1 Å². The quantitative estimate of drug-likeness (QED) is 0.102. The standard InChI is InChI=1S/C28H29BrN2O4.C28H27BrN2O3/c1-2-34-28(33)20-13-16-25(30-22-8-4-3-5-9-22)26(17-20)31-27(32)19-11-14-23(15-12-19)35-24-10-6-7-21(29)18-24;1-2-33-28(32)20-13-16-26-25(17-20)30-27(31(26)22-8-4-3-5-9-22)19-11-14-23(15-12-19)34-24-10-6-7-21(29)18-24/h6-7,10-18,22,30H,2-5,8-9H2,1H3,(H,31,32);6-7,10-18,22H,2-5,8-9H2,1H3. The number of hydrogen-bond acceptors (Lipinski definition) is 9. The Morgan fingerprint density at radius 2 is 1.12 bits per heavy atom. The van der Waals surface area contributed by atoms with E-state index in [0.29, 0.717) is 52.6 Å². The maximum atomic E-state index is 13.1. The van der Waals surface area contributed by atoms with E-state index in [-0.39, 0.29) is 18.5 Å². The first-order valence-electron chi connectivity index (χ1n) is 23.8. The zero-order valence-electron chi connectivity index (χ0n) is 38.8. The molecule has 1 heterocycles. The molecule has 7 aromatic rings. The van der Waals surface area contributed by atoms with E-state index >= 15 is 0 Å². The van der Waals surface area contributed by atoms with E-state index in [1.165, 1.54) is 38.5 Å². The van der Waals surface area contributed by atoms with Gasteiger partial charge in [0.25, 0.3) is 5.91 Å². The van der Waals surface area contributed by atoms with Crippen molar-refractivity contribution in [2.45, 2.75) is 90.1 Å². The average molecular weight is 1060 g/mol. The van der Waals surface area contributed by atoms with Gasteiger partial charge in [-0.25, -0.2) is 14.6 Å². The molecular weight excluding hydrogens is 1000 g/mol. The van der Waals surface area contributed by atoms with Gasteiger partial charge in [0, 0.05) is 32.2 Å². The molecule has 0 spiro atoms. The molecule has 356 valence electrons. The zero-order chi connectivity index (χ0) is 48.1. The minimum Gasteiger partial charge on any atom is -0.462 e. The van der Waals surface area contributed by atoms with E-state index in [0.717, 1.165) is 74.2 Å². The Kier molecular flexibility index (Phi) is 16.8. The smallest absolute Gasteiger partial charge is 0.338 e. The molecule has 6 aromatic carbocycles. The predicted molar refractivity (Wildman–Crippen MR) is 279 cm³/mol. The highest BCUT2D eigenvalue weighted by atomic mass is 79.9. The number of nitrogens with zero attached hydrogens (tertiary/aromatic N) is 2. The molecular formula is C56H56Br2N4O7. The van der Waals surface area contributed by atoms with Crippen LogP contribution in [0, 0.1) is 0 Å². The molecule has 0 saturated heterocycles. The van der Waals surface area contributed by atoms with Gasteiger partial charge in [-0.2, -0.15) is 0 Å². The lowest BCUT2D eigenvalue weighted by molar-refractivity contribution is 0.0517. The molecule has 11 nitrogen and oxygen atoms in total. The molecule has 0 bridgehead atoms. The molecule has 2 fully saturated rings. The van der Waals surface area contributed by atoms with E-state index in [9.17, 15) is 14.4 Å². The number of rotatable bonds is 14. The summed E-state index contributed by atoms with van der Waals surface area (Å²) >= 11 is 6.91. The summed E-state index contributed by atoms with van der Waals surface area (Å²) in [4.78, 5) is 42.6. The molecule has 0 radical (unpaired) electrons. The number of aromatic nitrogens is 2. The monoisotopic (exact) mass is 1050 g/mol. The van der Waals surface area contributed by atoms with Crippen LogP contribution in [0.15, 0.2) is 142 Å². The van der Waals surface area contributed by atoms with Crippen LogP contribution >= 0.6 is 31.9 Å². The summed E-state index contributed by atoms with van der Waals surface area (Å²) in [6.07, 6.45) is 11.8. The summed E-state index contributed by atoms with van der Waals surface area (Å²) < 4.78 is 26.5. The molecule has 69 heavy (non-hydrogen) atoms. The predicted octanol–water partition coefficient (Wildman–Crippen LogP) is 15.4. The summed E-state index contributed by atoms with van der Waals surface area (Å²) in [5.41, 5.74) is 5.68. The van der Waals surface area contributed by atoms with Crippen molar-refractivity contribution in [3.8, 4) is 34.4 Å². The van der Waals surface area contributed by atoms with Crippen molar-refractivity contribution >= 4 is 72.1 Å². The van der Waals surface area contributed by atoms with Crippen molar-refractivity contribution < 1.29 is 33.3 Å². The number of ether oxygens (including phenoxy) is 4. The number of nitrogens with one attached hydrogen (secondary N) is 2. The number of imidazole rings is 1. The number of esters is 2. The Morgan fingerprint density at radius 1 is 0.580 bits per heavy atom. The van der Waals surface area contributed by atoms with E-state index in [2.05, 4.69) is 59.2 Å². The lowest BCUT2D eigenvalue weighted by atomic mass is 9.95. The first-order valence-corrected chi connectivity index (χ1v) is 25.4. The summed E-state index contributed by atoms with van der Waals surface area (Å²) in [6, 6.07) is 42.1. The Balaban J connectivity index is 0.000000186. The van der Waals surface area contributed by atoms with Gasteiger partial charge >= 0.3 is 11.9 Å². The minimum absolute atomic E-state index is 0.272. The van der Waals surface area contributed by atoms with Crippen molar-refractivity contribution in [3.05, 3.63) is 159 Å². The van der Waals surface area contributed by atoms with Crippen molar-refractivity contribution in [2.75, 3.05) is 23.8 Å². The fourth-order valence-electron chi connectivity index (χ4n) is 8.81. The third-order valence-electron chi connectivity index (χ3n) is 12.2. The van der Waals surface area contributed by atoms with Crippen LogP contribution in [0.2, 0.25) is 0 Å². The lowest BCUT2D eigenvalue weighted by Gasteiger charge is -2.25. The molecule has 2 N–H and O–H groups in total. The number of carbonyl (C=O) groups is 3. The van der Waals surface area contributed by atoms with E-state index in [1.807, 2.05) is 91.9 Å². The molecule has 9 rings (SSSR count). The van der Waals surface area contributed by atoms with Crippen LogP contribution in [0.1, 0.15) is 115 Å². The first-order chi connectivity index (χ1) is 33.6.